The van der Waals surface area contributed by atoms with Gasteiger partial charge in [-0.2, -0.15) is 0 Å². The SMILES string of the molecule is COC(=O)C(CCc1c[nH][nH]c1=O)NC(=O)OC(C)(C)C. The molecule has 0 spiro atoms. The monoisotopic (exact) mass is 299 g/mol. The summed E-state index contributed by atoms with van der Waals surface area (Å²) in [4.78, 5) is 34.7. The molecular formula is C13H21N3O5. The van der Waals surface area contributed by atoms with Crippen molar-refractivity contribution in [1.82, 2.24) is 15.5 Å². The van der Waals surface area contributed by atoms with Gasteiger partial charge < -0.3 is 19.9 Å². The van der Waals surface area contributed by atoms with Crippen molar-refractivity contribution >= 4 is 12.1 Å². The lowest BCUT2D eigenvalue weighted by atomic mass is 10.1. The summed E-state index contributed by atoms with van der Waals surface area (Å²) in [6, 6.07) is -0.876. The average molecular weight is 299 g/mol. The highest BCUT2D eigenvalue weighted by molar-refractivity contribution is 5.81. The Hall–Kier alpha value is -2.25. The van der Waals surface area contributed by atoms with E-state index in [2.05, 4.69) is 20.3 Å². The zero-order valence-electron chi connectivity index (χ0n) is 12.6. The summed E-state index contributed by atoms with van der Waals surface area (Å²) in [6.07, 6.45) is 1.35. The number of H-pyrrole nitrogens is 2. The maximum Gasteiger partial charge on any atom is 0.408 e. The molecule has 1 heterocycles. The maximum absolute atomic E-state index is 11.7. The summed E-state index contributed by atoms with van der Waals surface area (Å²) >= 11 is 0. The first kappa shape index (κ1) is 16.8. The number of carbonyl (C=O) groups excluding carboxylic acids is 2. The van der Waals surface area contributed by atoms with Crippen molar-refractivity contribution in [2.45, 2.75) is 45.3 Å². The van der Waals surface area contributed by atoms with Gasteiger partial charge in [0, 0.05) is 11.8 Å². The van der Waals surface area contributed by atoms with Crippen molar-refractivity contribution in [3.05, 3.63) is 22.1 Å². The molecule has 0 aliphatic carbocycles. The zero-order chi connectivity index (χ0) is 16.0. The lowest BCUT2D eigenvalue weighted by molar-refractivity contribution is -0.143. The van der Waals surface area contributed by atoms with E-state index in [0.29, 0.717) is 12.0 Å². The molecule has 0 aliphatic rings. The van der Waals surface area contributed by atoms with E-state index in [-0.39, 0.29) is 12.0 Å². The van der Waals surface area contributed by atoms with E-state index in [1.807, 2.05) is 0 Å². The van der Waals surface area contributed by atoms with E-state index < -0.39 is 23.7 Å². The molecule has 0 aromatic carbocycles. The molecule has 8 heteroatoms. The molecule has 0 saturated carbocycles. The fourth-order valence-electron chi connectivity index (χ4n) is 1.66. The predicted octanol–water partition coefficient (Wildman–Crippen LogP) is 0.702. The van der Waals surface area contributed by atoms with Gasteiger partial charge in [0.05, 0.1) is 7.11 Å². The van der Waals surface area contributed by atoms with Gasteiger partial charge in [-0.15, -0.1) is 0 Å². The fraction of sp³-hybridized carbons (Fsp3) is 0.615. The topological polar surface area (TPSA) is 113 Å². The minimum Gasteiger partial charge on any atom is -0.467 e. The normalized spacial score (nSPS) is 12.6. The van der Waals surface area contributed by atoms with Crippen LogP contribution in [0.25, 0.3) is 0 Å². The van der Waals surface area contributed by atoms with Gasteiger partial charge >= 0.3 is 12.1 Å². The van der Waals surface area contributed by atoms with Gasteiger partial charge in [-0.3, -0.25) is 9.89 Å². The number of aromatic nitrogens is 2. The van der Waals surface area contributed by atoms with E-state index >= 15 is 0 Å². The van der Waals surface area contributed by atoms with Crippen LogP contribution in [0.4, 0.5) is 4.79 Å². The van der Waals surface area contributed by atoms with Gasteiger partial charge in [0.15, 0.2) is 0 Å². The molecule has 1 unspecified atom stereocenters. The van der Waals surface area contributed by atoms with Gasteiger partial charge in [-0.25, -0.2) is 9.59 Å². The van der Waals surface area contributed by atoms with E-state index in [1.165, 1.54) is 13.3 Å². The first-order chi connectivity index (χ1) is 9.73. The Labute approximate surface area is 122 Å². The number of nitrogens with one attached hydrogen (secondary N) is 3. The highest BCUT2D eigenvalue weighted by Gasteiger charge is 2.25. The van der Waals surface area contributed by atoms with Crippen LogP contribution >= 0.6 is 0 Å². The number of hydrogen-bond donors (Lipinski definition) is 3. The van der Waals surface area contributed by atoms with E-state index in [9.17, 15) is 14.4 Å². The van der Waals surface area contributed by atoms with Crippen molar-refractivity contribution in [1.29, 1.82) is 0 Å². The summed E-state index contributed by atoms with van der Waals surface area (Å²) in [7, 11) is 1.23. The number of rotatable bonds is 5. The zero-order valence-corrected chi connectivity index (χ0v) is 12.6. The summed E-state index contributed by atoms with van der Waals surface area (Å²) < 4.78 is 9.73. The lowest BCUT2D eigenvalue weighted by Gasteiger charge is -2.22. The number of hydrogen-bond acceptors (Lipinski definition) is 5. The second-order valence-corrected chi connectivity index (χ2v) is 5.53. The first-order valence-corrected chi connectivity index (χ1v) is 6.55. The standard InChI is InChI=1S/C13H21N3O5/c1-13(2,3)21-12(19)15-9(11(18)20-4)6-5-8-7-14-16-10(8)17/h7,9H,5-6H2,1-4H3,(H,15,19)(H2,14,16,17). The highest BCUT2D eigenvalue weighted by atomic mass is 16.6. The smallest absolute Gasteiger partial charge is 0.408 e. The maximum atomic E-state index is 11.7. The van der Waals surface area contributed by atoms with Crippen molar-refractivity contribution < 1.29 is 19.1 Å². The second kappa shape index (κ2) is 6.96. The van der Waals surface area contributed by atoms with Gasteiger partial charge in [-0.1, -0.05) is 0 Å². The Morgan fingerprint density at radius 3 is 2.52 bits per heavy atom. The molecule has 1 rings (SSSR count). The Morgan fingerprint density at radius 2 is 2.05 bits per heavy atom. The van der Waals surface area contributed by atoms with Gasteiger partial charge in [-0.05, 0) is 33.6 Å². The van der Waals surface area contributed by atoms with Crippen LogP contribution in [0.1, 0.15) is 32.8 Å². The van der Waals surface area contributed by atoms with E-state index in [1.54, 1.807) is 20.8 Å². The van der Waals surface area contributed by atoms with Gasteiger partial charge in [0.2, 0.25) is 0 Å². The molecule has 118 valence electrons. The molecule has 21 heavy (non-hydrogen) atoms. The molecule has 0 radical (unpaired) electrons. The second-order valence-electron chi connectivity index (χ2n) is 5.53. The highest BCUT2D eigenvalue weighted by Crippen LogP contribution is 2.08. The van der Waals surface area contributed by atoms with Crippen LogP contribution in [-0.4, -0.2) is 41.0 Å². The number of carbonyl (C=O) groups is 2. The number of aromatic amines is 2. The summed E-state index contributed by atoms with van der Waals surface area (Å²) in [5.41, 5.74) is -0.423. The summed E-state index contributed by atoms with van der Waals surface area (Å²) in [5.74, 6) is -0.590. The van der Waals surface area contributed by atoms with Crippen LogP contribution in [0.15, 0.2) is 11.0 Å². The number of ether oxygens (including phenoxy) is 2. The molecule has 0 aliphatic heterocycles. The summed E-state index contributed by atoms with van der Waals surface area (Å²) in [5, 5.41) is 7.42. The molecule has 0 saturated heterocycles. The molecule has 8 nitrogen and oxygen atoms in total. The van der Waals surface area contributed by atoms with Crippen molar-refractivity contribution in [3.63, 3.8) is 0 Å². The fourth-order valence-corrected chi connectivity index (χ4v) is 1.66. The molecule has 1 atom stereocenters. The number of alkyl carbamates (subject to hydrolysis) is 1. The van der Waals surface area contributed by atoms with Gasteiger partial charge in [0.25, 0.3) is 5.56 Å². The molecule has 1 aromatic rings. The third-order valence-electron chi connectivity index (χ3n) is 2.60. The molecule has 1 amide bonds. The molecule has 1 aromatic heterocycles. The largest absolute Gasteiger partial charge is 0.467 e. The molecule has 0 fully saturated rings. The van der Waals surface area contributed by atoms with Crippen LogP contribution in [0.2, 0.25) is 0 Å². The quantitative estimate of drug-likeness (QED) is 0.693. The van der Waals surface area contributed by atoms with Crippen LogP contribution in [-0.2, 0) is 20.7 Å². The number of methoxy groups -OCH3 is 1. The Bertz CT molecular complexity index is 540. The molecule has 3 N–H and O–H groups in total. The molecular weight excluding hydrogens is 278 g/mol. The van der Waals surface area contributed by atoms with Crippen LogP contribution in [0.3, 0.4) is 0 Å². The Balaban J connectivity index is 2.64. The van der Waals surface area contributed by atoms with E-state index in [4.69, 9.17) is 4.74 Å². The first-order valence-electron chi connectivity index (χ1n) is 6.55. The average Bonchev–Trinajstić information content (AvgIpc) is 2.77. The minimum atomic E-state index is -0.876. The predicted molar refractivity (Wildman–Crippen MR) is 74.9 cm³/mol. The minimum absolute atomic E-state index is 0.229. The number of aryl methyl sites for hydroxylation is 1. The molecule has 0 bridgehead atoms. The third-order valence-corrected chi connectivity index (χ3v) is 2.60. The van der Waals surface area contributed by atoms with Gasteiger partial charge in [0.1, 0.15) is 11.6 Å². The Kier molecular flexibility index (Phi) is 5.57. The number of amides is 1. The van der Waals surface area contributed by atoms with Crippen molar-refractivity contribution in [2.24, 2.45) is 0 Å². The number of esters is 1. The van der Waals surface area contributed by atoms with Crippen molar-refractivity contribution in [3.8, 4) is 0 Å². The third kappa shape index (κ3) is 5.72. The van der Waals surface area contributed by atoms with Crippen LogP contribution < -0.4 is 10.9 Å². The van der Waals surface area contributed by atoms with Crippen LogP contribution in [0.5, 0.6) is 0 Å². The lowest BCUT2D eigenvalue weighted by Crippen LogP contribution is -2.44. The summed E-state index contributed by atoms with van der Waals surface area (Å²) in [6.45, 7) is 5.16. The Morgan fingerprint density at radius 1 is 1.38 bits per heavy atom. The van der Waals surface area contributed by atoms with E-state index in [0.717, 1.165) is 0 Å². The van der Waals surface area contributed by atoms with Crippen LogP contribution in [0, 0.1) is 0 Å². The van der Waals surface area contributed by atoms with Crippen molar-refractivity contribution in [2.75, 3.05) is 7.11 Å².